The van der Waals surface area contributed by atoms with E-state index in [1.807, 2.05) is 72.8 Å². The number of para-hydroxylation sites is 2. The number of hydrogen-bond donors (Lipinski definition) is 1. The number of nitrogens with one attached hydrogen (secondary N) is 1. The molecule has 0 radical (unpaired) electrons. The van der Waals surface area contributed by atoms with Gasteiger partial charge in [0.25, 0.3) is 0 Å². The van der Waals surface area contributed by atoms with Crippen molar-refractivity contribution in [1.82, 2.24) is 9.97 Å². The summed E-state index contributed by atoms with van der Waals surface area (Å²) in [7, 11) is 3.22. The van der Waals surface area contributed by atoms with Gasteiger partial charge in [0.05, 0.1) is 25.1 Å². The average molecular weight is 424 g/mol. The number of hydrogen-bond acceptors (Lipinski definition) is 7. The number of anilines is 1. The molecule has 1 N–H and O–H groups in total. The molecule has 0 fully saturated rings. The Morgan fingerprint density at radius 3 is 2.44 bits per heavy atom. The number of benzene rings is 3. The van der Waals surface area contributed by atoms with Crippen LogP contribution in [0.4, 0.5) is 5.82 Å². The van der Waals surface area contributed by atoms with Gasteiger partial charge in [-0.1, -0.05) is 24.3 Å². The zero-order chi connectivity index (χ0) is 21.9. The lowest BCUT2D eigenvalue weighted by molar-refractivity contribution is 0.355. The Balaban J connectivity index is 1.64. The Labute approximate surface area is 184 Å². The standard InChI is InChI=1S/C25H20N4O3/c1-30-22-12-11-16(13-24(22)31-2)23-14-20(17-7-4-6-10-21(17)32-23)28-29-25-18-8-3-5-9-19(18)26-15-27-25/h3-15H,1-2H3,(H,26,27,29). The van der Waals surface area contributed by atoms with E-state index >= 15 is 0 Å². The third kappa shape index (κ3) is 3.60. The van der Waals surface area contributed by atoms with Crippen LogP contribution < -0.4 is 20.3 Å². The predicted molar refractivity (Wildman–Crippen MR) is 123 cm³/mol. The Morgan fingerprint density at radius 2 is 1.59 bits per heavy atom. The molecule has 0 unspecified atom stereocenters. The summed E-state index contributed by atoms with van der Waals surface area (Å²) in [6, 6.07) is 23.1. The SMILES string of the molecule is COc1ccc(-c2cc(=NNc3ncnc4ccccc34)c3ccccc3o2)cc1OC. The summed E-state index contributed by atoms with van der Waals surface area (Å²) < 4.78 is 17.0. The molecule has 5 rings (SSSR count). The molecule has 0 aliphatic carbocycles. The van der Waals surface area contributed by atoms with E-state index in [-0.39, 0.29) is 0 Å². The minimum Gasteiger partial charge on any atom is -0.493 e. The third-order valence-corrected chi connectivity index (χ3v) is 5.14. The minimum atomic E-state index is 0.623. The van der Waals surface area contributed by atoms with Crippen LogP contribution in [0, 0.1) is 0 Å². The van der Waals surface area contributed by atoms with Crippen LogP contribution in [0.3, 0.4) is 0 Å². The van der Waals surface area contributed by atoms with E-state index in [4.69, 9.17) is 13.9 Å². The van der Waals surface area contributed by atoms with E-state index in [9.17, 15) is 0 Å². The number of rotatable bonds is 5. The first-order chi connectivity index (χ1) is 15.8. The van der Waals surface area contributed by atoms with Crippen molar-refractivity contribution >= 4 is 27.7 Å². The van der Waals surface area contributed by atoms with Crippen molar-refractivity contribution in [3.05, 3.63) is 84.5 Å². The molecular formula is C25H20N4O3. The van der Waals surface area contributed by atoms with E-state index in [1.54, 1.807) is 14.2 Å². The second-order valence-electron chi connectivity index (χ2n) is 7.02. The molecule has 158 valence electrons. The fourth-order valence-corrected chi connectivity index (χ4v) is 3.55. The van der Waals surface area contributed by atoms with Crippen LogP contribution >= 0.6 is 0 Å². The Bertz CT molecular complexity index is 1490. The molecule has 0 aliphatic heterocycles. The van der Waals surface area contributed by atoms with Gasteiger partial charge in [0.2, 0.25) is 0 Å². The summed E-state index contributed by atoms with van der Waals surface area (Å²) >= 11 is 0. The van der Waals surface area contributed by atoms with Crippen molar-refractivity contribution in [3.63, 3.8) is 0 Å². The third-order valence-electron chi connectivity index (χ3n) is 5.14. The first kappa shape index (κ1) is 19.6. The van der Waals surface area contributed by atoms with Crippen molar-refractivity contribution in [2.75, 3.05) is 19.6 Å². The van der Waals surface area contributed by atoms with Crippen LogP contribution in [0.5, 0.6) is 11.5 Å². The van der Waals surface area contributed by atoms with Crippen molar-refractivity contribution in [2.24, 2.45) is 5.10 Å². The van der Waals surface area contributed by atoms with Crippen LogP contribution in [-0.4, -0.2) is 24.2 Å². The highest BCUT2D eigenvalue weighted by molar-refractivity contribution is 5.88. The molecular weight excluding hydrogens is 404 g/mol. The Morgan fingerprint density at radius 1 is 0.812 bits per heavy atom. The van der Waals surface area contributed by atoms with Gasteiger partial charge in [0.1, 0.15) is 17.7 Å². The van der Waals surface area contributed by atoms with Crippen molar-refractivity contribution < 1.29 is 13.9 Å². The molecule has 0 spiro atoms. The van der Waals surface area contributed by atoms with E-state index in [1.165, 1.54) is 6.33 Å². The second kappa shape index (κ2) is 8.39. The summed E-state index contributed by atoms with van der Waals surface area (Å²) in [5.41, 5.74) is 5.51. The van der Waals surface area contributed by atoms with Gasteiger partial charge >= 0.3 is 0 Å². The number of ether oxygens (including phenoxy) is 2. The number of nitrogens with zero attached hydrogens (tertiary/aromatic N) is 3. The van der Waals surface area contributed by atoms with Gasteiger partial charge in [-0.3, -0.25) is 5.43 Å². The van der Waals surface area contributed by atoms with Gasteiger partial charge in [-0.25, -0.2) is 9.97 Å². The van der Waals surface area contributed by atoms with E-state index < -0.39 is 0 Å². The fraction of sp³-hybridized carbons (Fsp3) is 0.0800. The van der Waals surface area contributed by atoms with E-state index in [2.05, 4.69) is 20.5 Å². The molecule has 0 atom stereocenters. The van der Waals surface area contributed by atoms with Crippen molar-refractivity contribution in [1.29, 1.82) is 0 Å². The first-order valence-electron chi connectivity index (χ1n) is 10.0. The van der Waals surface area contributed by atoms with Gasteiger partial charge in [-0.2, -0.15) is 5.10 Å². The molecule has 7 nitrogen and oxygen atoms in total. The molecule has 32 heavy (non-hydrogen) atoms. The summed E-state index contributed by atoms with van der Waals surface area (Å²) in [6.07, 6.45) is 1.52. The summed E-state index contributed by atoms with van der Waals surface area (Å²) in [5.74, 6) is 2.56. The molecule has 5 aromatic rings. The van der Waals surface area contributed by atoms with Crippen molar-refractivity contribution in [2.45, 2.75) is 0 Å². The number of fused-ring (bicyclic) bond motifs is 2. The normalized spacial score (nSPS) is 11.6. The lowest BCUT2D eigenvalue weighted by Crippen LogP contribution is -2.08. The lowest BCUT2D eigenvalue weighted by Gasteiger charge is -2.10. The van der Waals surface area contributed by atoms with Crippen molar-refractivity contribution in [3.8, 4) is 22.8 Å². The topological polar surface area (TPSA) is 81.8 Å². The molecule has 0 aliphatic rings. The van der Waals surface area contributed by atoms with Gasteiger partial charge in [-0.05, 0) is 42.5 Å². The predicted octanol–water partition coefficient (Wildman–Crippen LogP) is 4.99. The zero-order valence-corrected chi connectivity index (χ0v) is 17.6. The van der Waals surface area contributed by atoms with Crippen LogP contribution in [0.25, 0.3) is 33.2 Å². The molecule has 0 bridgehead atoms. The summed E-state index contributed by atoms with van der Waals surface area (Å²) in [6.45, 7) is 0. The van der Waals surface area contributed by atoms with Gasteiger partial charge in [0, 0.05) is 22.4 Å². The van der Waals surface area contributed by atoms with Crippen LogP contribution in [0.2, 0.25) is 0 Å². The van der Waals surface area contributed by atoms with Crippen LogP contribution in [0.1, 0.15) is 0 Å². The smallest absolute Gasteiger partial charge is 0.161 e. The molecule has 0 saturated heterocycles. The second-order valence-corrected chi connectivity index (χ2v) is 7.02. The molecule has 2 aromatic heterocycles. The average Bonchev–Trinajstić information content (AvgIpc) is 2.86. The fourth-order valence-electron chi connectivity index (χ4n) is 3.55. The van der Waals surface area contributed by atoms with Gasteiger partial charge in [0.15, 0.2) is 17.3 Å². The molecule has 0 amide bonds. The number of aromatic nitrogens is 2. The molecule has 2 heterocycles. The highest BCUT2D eigenvalue weighted by Gasteiger charge is 2.10. The first-order valence-corrected chi connectivity index (χ1v) is 10.0. The minimum absolute atomic E-state index is 0.623. The zero-order valence-electron chi connectivity index (χ0n) is 17.6. The Hall–Kier alpha value is -4.39. The maximum Gasteiger partial charge on any atom is 0.161 e. The summed E-state index contributed by atoms with van der Waals surface area (Å²) in [5, 5.41) is 7.15. The lowest BCUT2D eigenvalue weighted by atomic mass is 10.1. The monoisotopic (exact) mass is 424 g/mol. The van der Waals surface area contributed by atoms with E-state index in [0.717, 1.165) is 27.2 Å². The van der Waals surface area contributed by atoms with Gasteiger partial charge in [-0.15, -0.1) is 0 Å². The van der Waals surface area contributed by atoms with Gasteiger partial charge < -0.3 is 13.9 Å². The molecule has 7 heteroatoms. The molecule has 0 saturated carbocycles. The van der Waals surface area contributed by atoms with E-state index in [0.29, 0.717) is 28.7 Å². The highest BCUT2D eigenvalue weighted by atomic mass is 16.5. The summed E-state index contributed by atoms with van der Waals surface area (Å²) in [4.78, 5) is 8.66. The Kier molecular flexibility index (Phi) is 5.13. The quantitative estimate of drug-likeness (QED) is 0.401. The maximum atomic E-state index is 6.17. The largest absolute Gasteiger partial charge is 0.493 e. The van der Waals surface area contributed by atoms with Crippen LogP contribution in [-0.2, 0) is 0 Å². The highest BCUT2D eigenvalue weighted by Crippen LogP contribution is 2.32. The number of methoxy groups -OCH3 is 2. The maximum absolute atomic E-state index is 6.17. The molecule has 3 aromatic carbocycles. The van der Waals surface area contributed by atoms with Crippen LogP contribution in [0.15, 0.2) is 88.6 Å².